The average Bonchev–Trinajstić information content (AvgIpc) is 3.13. The molecule has 0 aliphatic carbocycles. The first-order valence-electron chi connectivity index (χ1n) is 8.74. The van der Waals surface area contributed by atoms with Crippen LogP contribution >= 0.6 is 0 Å². The Hall–Kier alpha value is -2.43. The van der Waals surface area contributed by atoms with Gasteiger partial charge >= 0.3 is 0 Å². The molecule has 0 amide bonds. The topological polar surface area (TPSA) is 58.8 Å². The summed E-state index contributed by atoms with van der Waals surface area (Å²) >= 11 is 0. The van der Waals surface area contributed by atoms with Gasteiger partial charge in [0.15, 0.2) is 5.96 Å². The van der Waals surface area contributed by atoms with E-state index >= 15 is 0 Å². The van der Waals surface area contributed by atoms with Gasteiger partial charge in [0.2, 0.25) is 0 Å². The van der Waals surface area contributed by atoms with Crippen molar-refractivity contribution >= 4 is 5.96 Å². The van der Waals surface area contributed by atoms with Crippen molar-refractivity contribution in [2.45, 2.75) is 32.6 Å². The van der Waals surface area contributed by atoms with Gasteiger partial charge in [0, 0.05) is 24.9 Å². The van der Waals surface area contributed by atoms with Crippen LogP contribution in [0, 0.1) is 0 Å². The lowest BCUT2D eigenvalue weighted by atomic mass is 9.85. The van der Waals surface area contributed by atoms with E-state index in [9.17, 15) is 0 Å². The number of benzene rings is 1. The molecule has 0 saturated heterocycles. The number of ether oxygens (including phenoxy) is 1. The fourth-order valence-corrected chi connectivity index (χ4v) is 2.51. The van der Waals surface area contributed by atoms with Crippen molar-refractivity contribution < 1.29 is 9.15 Å². The number of hydrogen-bond donors (Lipinski definition) is 2. The summed E-state index contributed by atoms with van der Waals surface area (Å²) in [6, 6.07) is 12.1. The maximum atomic E-state index is 5.36. The van der Waals surface area contributed by atoms with Crippen LogP contribution in [0.1, 0.15) is 32.1 Å². The van der Waals surface area contributed by atoms with Crippen LogP contribution in [0.25, 0.3) is 0 Å². The number of guanidine groups is 1. The molecule has 2 rings (SSSR count). The first kappa shape index (κ1) is 18.9. The molecule has 2 N–H and O–H groups in total. The molecule has 0 atom stereocenters. The lowest BCUT2D eigenvalue weighted by molar-refractivity contribution is 0.412. The summed E-state index contributed by atoms with van der Waals surface area (Å²) in [7, 11) is 1.69. The minimum atomic E-state index is -0.0854. The molecule has 25 heavy (non-hydrogen) atoms. The van der Waals surface area contributed by atoms with Gasteiger partial charge in [0.25, 0.3) is 0 Å². The quantitative estimate of drug-likeness (QED) is 0.570. The zero-order chi connectivity index (χ0) is 18.1. The van der Waals surface area contributed by atoms with Crippen molar-refractivity contribution in [1.29, 1.82) is 0 Å². The van der Waals surface area contributed by atoms with Crippen LogP contribution in [0.2, 0.25) is 0 Å². The second kappa shape index (κ2) is 9.16. The van der Waals surface area contributed by atoms with Gasteiger partial charge in [-0.05, 0) is 36.8 Å². The molecule has 1 aromatic carbocycles. The summed E-state index contributed by atoms with van der Waals surface area (Å²) < 4.78 is 10.7. The molecule has 136 valence electrons. The van der Waals surface area contributed by atoms with E-state index in [1.165, 1.54) is 5.56 Å². The highest BCUT2D eigenvalue weighted by Gasteiger charge is 2.21. The molecule has 0 bridgehead atoms. The number of rotatable bonds is 8. The molecule has 5 nitrogen and oxygen atoms in total. The highest BCUT2D eigenvalue weighted by Crippen LogP contribution is 2.26. The Balaban J connectivity index is 1.97. The summed E-state index contributed by atoms with van der Waals surface area (Å²) in [5.41, 5.74) is 1.12. The molecule has 1 heterocycles. The maximum absolute atomic E-state index is 5.36. The number of aliphatic imine (C=N–C) groups is 1. The van der Waals surface area contributed by atoms with Crippen molar-refractivity contribution in [1.82, 2.24) is 10.6 Å². The van der Waals surface area contributed by atoms with Crippen LogP contribution in [0.4, 0.5) is 0 Å². The average molecular weight is 343 g/mol. The minimum Gasteiger partial charge on any atom is -0.497 e. The van der Waals surface area contributed by atoms with E-state index in [0.29, 0.717) is 6.54 Å². The maximum Gasteiger partial charge on any atom is 0.191 e. The number of hydrogen-bond acceptors (Lipinski definition) is 3. The molecule has 0 radical (unpaired) electrons. The van der Waals surface area contributed by atoms with E-state index in [0.717, 1.165) is 37.0 Å². The number of nitrogens with one attached hydrogen (secondary N) is 2. The first-order valence-corrected chi connectivity index (χ1v) is 8.74. The second-order valence-corrected chi connectivity index (χ2v) is 6.57. The Bertz CT molecular complexity index is 663. The van der Waals surface area contributed by atoms with E-state index in [4.69, 9.17) is 14.1 Å². The van der Waals surface area contributed by atoms with Crippen LogP contribution in [0.5, 0.6) is 5.75 Å². The third kappa shape index (κ3) is 5.85. The van der Waals surface area contributed by atoms with Gasteiger partial charge in [0.05, 0.1) is 19.9 Å². The first-order chi connectivity index (χ1) is 12.0. The zero-order valence-electron chi connectivity index (χ0n) is 15.6. The molecule has 1 aromatic heterocycles. The lowest BCUT2D eigenvalue weighted by Crippen LogP contribution is -2.39. The molecule has 0 fully saturated rings. The highest BCUT2D eigenvalue weighted by molar-refractivity contribution is 5.79. The highest BCUT2D eigenvalue weighted by atomic mass is 16.5. The van der Waals surface area contributed by atoms with Crippen LogP contribution in [-0.4, -0.2) is 32.7 Å². The van der Waals surface area contributed by atoms with E-state index in [1.54, 1.807) is 13.4 Å². The normalized spacial score (nSPS) is 12.1. The molecule has 0 spiro atoms. The number of furan rings is 1. The third-order valence-electron chi connectivity index (χ3n) is 4.07. The van der Waals surface area contributed by atoms with Crippen molar-refractivity contribution in [3.63, 3.8) is 0 Å². The summed E-state index contributed by atoms with van der Waals surface area (Å²) in [5, 5.41) is 6.65. The van der Waals surface area contributed by atoms with Gasteiger partial charge in [-0.1, -0.05) is 26.0 Å². The summed E-state index contributed by atoms with van der Waals surface area (Å²) in [6.45, 7) is 8.73. The molecule has 0 unspecified atom stereocenters. The van der Waals surface area contributed by atoms with Crippen molar-refractivity contribution in [2.75, 3.05) is 26.7 Å². The van der Waals surface area contributed by atoms with Gasteiger partial charge in [-0.25, -0.2) is 0 Å². The van der Waals surface area contributed by atoms with Crippen LogP contribution in [-0.2, 0) is 11.8 Å². The predicted molar refractivity (Wildman–Crippen MR) is 102 cm³/mol. The third-order valence-corrected chi connectivity index (χ3v) is 4.07. The van der Waals surface area contributed by atoms with Crippen molar-refractivity contribution in [2.24, 2.45) is 4.99 Å². The summed E-state index contributed by atoms with van der Waals surface area (Å²) in [6.07, 6.45) is 2.53. The lowest BCUT2D eigenvalue weighted by Gasteiger charge is -2.24. The van der Waals surface area contributed by atoms with E-state index in [1.807, 2.05) is 24.3 Å². The Morgan fingerprint density at radius 3 is 2.72 bits per heavy atom. The Morgan fingerprint density at radius 2 is 2.04 bits per heavy atom. The van der Waals surface area contributed by atoms with Gasteiger partial charge in [0.1, 0.15) is 11.5 Å². The fraction of sp³-hybridized carbons (Fsp3) is 0.450. The van der Waals surface area contributed by atoms with Crippen molar-refractivity contribution in [3.05, 3.63) is 54.0 Å². The molecule has 0 saturated carbocycles. The van der Waals surface area contributed by atoms with Crippen LogP contribution in [0.3, 0.4) is 0 Å². The standard InChI is InChI=1S/C20H29N3O2/c1-5-21-19(22-12-11-17-10-7-13-25-17)23-15-20(2,3)16-8-6-9-18(14-16)24-4/h6-10,13-14H,5,11-12,15H2,1-4H3,(H2,21,22,23). The second-order valence-electron chi connectivity index (χ2n) is 6.57. The van der Waals surface area contributed by atoms with Crippen molar-refractivity contribution in [3.8, 4) is 5.75 Å². The summed E-state index contributed by atoms with van der Waals surface area (Å²) in [4.78, 5) is 4.76. The minimum absolute atomic E-state index is 0.0854. The van der Waals surface area contributed by atoms with Crippen LogP contribution < -0.4 is 15.4 Å². The van der Waals surface area contributed by atoms with Gasteiger partial charge in [-0.15, -0.1) is 0 Å². The predicted octanol–water partition coefficient (Wildman–Crippen LogP) is 3.36. The van der Waals surface area contributed by atoms with Gasteiger partial charge in [-0.2, -0.15) is 0 Å². The Labute approximate surface area is 150 Å². The number of methoxy groups -OCH3 is 1. The van der Waals surface area contributed by atoms with Crippen LogP contribution in [0.15, 0.2) is 52.1 Å². The molecular weight excluding hydrogens is 314 g/mol. The SMILES string of the molecule is CCNC(=NCC(C)(C)c1cccc(OC)c1)NCCc1ccco1. The Kier molecular flexibility index (Phi) is 6.92. The molecule has 2 aromatic rings. The number of nitrogens with zero attached hydrogens (tertiary/aromatic N) is 1. The van der Waals surface area contributed by atoms with Gasteiger partial charge < -0.3 is 19.8 Å². The largest absolute Gasteiger partial charge is 0.497 e. The fourth-order valence-electron chi connectivity index (χ4n) is 2.51. The van der Waals surface area contributed by atoms with Gasteiger partial charge in [-0.3, -0.25) is 4.99 Å². The summed E-state index contributed by atoms with van der Waals surface area (Å²) in [5.74, 6) is 2.67. The molecule has 0 aliphatic heterocycles. The Morgan fingerprint density at radius 1 is 1.20 bits per heavy atom. The van der Waals surface area contributed by atoms with E-state index in [-0.39, 0.29) is 5.41 Å². The smallest absolute Gasteiger partial charge is 0.191 e. The molecule has 0 aliphatic rings. The van der Waals surface area contributed by atoms with E-state index < -0.39 is 0 Å². The monoisotopic (exact) mass is 343 g/mol. The molecular formula is C20H29N3O2. The van der Waals surface area contributed by atoms with E-state index in [2.05, 4.69) is 43.5 Å². The zero-order valence-corrected chi connectivity index (χ0v) is 15.6. The molecule has 5 heteroatoms.